The maximum Gasteiger partial charge on any atom is 0.122 e. The molecular weight excluding hydrogens is 236 g/mol. The minimum absolute atomic E-state index is 0.179. The van der Waals surface area contributed by atoms with E-state index < -0.39 is 0 Å². The number of nitrogens with one attached hydrogen (secondary N) is 1. The monoisotopic (exact) mass is 262 g/mol. The second-order valence-corrected chi connectivity index (χ2v) is 6.63. The topological polar surface area (TPSA) is 51.2 Å². The van der Waals surface area contributed by atoms with Crippen LogP contribution in [0, 0.1) is 11.8 Å². The van der Waals surface area contributed by atoms with Crippen molar-refractivity contribution in [2.45, 2.75) is 57.5 Å². The summed E-state index contributed by atoms with van der Waals surface area (Å²) < 4.78 is 6.03. The smallest absolute Gasteiger partial charge is 0.122 e. The van der Waals surface area contributed by atoms with Crippen LogP contribution in [0.1, 0.15) is 63.0 Å². The molecule has 2 saturated carbocycles. The zero-order chi connectivity index (χ0) is 13.4. The first kappa shape index (κ1) is 13.2. The Balaban J connectivity index is 1.63. The number of rotatable bonds is 5. The molecule has 106 valence electrons. The Labute approximate surface area is 115 Å². The molecule has 0 spiro atoms. The maximum atomic E-state index is 6.03. The molecule has 3 N–H and O–H groups in total. The fraction of sp³-hybridized carbons (Fsp3) is 0.750. The summed E-state index contributed by atoms with van der Waals surface area (Å²) in [5.41, 5.74) is 5.92. The third kappa shape index (κ3) is 2.87. The van der Waals surface area contributed by atoms with Crippen LogP contribution >= 0.6 is 0 Å². The van der Waals surface area contributed by atoms with E-state index in [4.69, 9.17) is 10.2 Å². The Morgan fingerprint density at radius 2 is 2.11 bits per heavy atom. The van der Waals surface area contributed by atoms with E-state index >= 15 is 0 Å². The molecule has 1 aromatic heterocycles. The SMILES string of the molecule is CC1CCC(NC(CN)c2ccc(C3CC3C)o2)C1. The van der Waals surface area contributed by atoms with Crippen molar-refractivity contribution in [3.63, 3.8) is 0 Å². The van der Waals surface area contributed by atoms with Gasteiger partial charge in [-0.15, -0.1) is 0 Å². The van der Waals surface area contributed by atoms with Crippen LogP contribution < -0.4 is 11.1 Å². The lowest BCUT2D eigenvalue weighted by atomic mass is 10.1. The van der Waals surface area contributed by atoms with Crippen molar-refractivity contribution in [3.8, 4) is 0 Å². The average Bonchev–Trinajstić information content (AvgIpc) is 2.82. The highest BCUT2D eigenvalue weighted by atomic mass is 16.3. The summed E-state index contributed by atoms with van der Waals surface area (Å²) in [4.78, 5) is 0. The van der Waals surface area contributed by atoms with E-state index in [0.29, 0.717) is 18.5 Å². The molecule has 5 unspecified atom stereocenters. The van der Waals surface area contributed by atoms with E-state index in [1.54, 1.807) is 0 Å². The van der Waals surface area contributed by atoms with E-state index in [0.717, 1.165) is 23.4 Å². The molecule has 0 amide bonds. The number of hydrogen-bond acceptors (Lipinski definition) is 3. The molecule has 3 nitrogen and oxygen atoms in total. The summed E-state index contributed by atoms with van der Waals surface area (Å²) in [5.74, 6) is 4.46. The quantitative estimate of drug-likeness (QED) is 0.857. The van der Waals surface area contributed by atoms with Gasteiger partial charge in [-0.05, 0) is 49.7 Å². The first-order chi connectivity index (χ1) is 9.17. The van der Waals surface area contributed by atoms with Gasteiger partial charge in [-0.3, -0.25) is 0 Å². The molecule has 3 rings (SSSR count). The summed E-state index contributed by atoms with van der Waals surface area (Å²) in [6, 6.07) is 5.05. The molecule has 2 aliphatic carbocycles. The fourth-order valence-corrected chi connectivity index (χ4v) is 3.38. The van der Waals surface area contributed by atoms with Crippen molar-refractivity contribution in [1.82, 2.24) is 5.32 Å². The standard InChI is InChI=1S/C16H26N2O/c1-10-3-4-12(7-10)18-14(9-17)16-6-5-15(19-16)13-8-11(13)2/h5-6,10-14,18H,3-4,7-9,17H2,1-2H3. The number of nitrogens with two attached hydrogens (primary N) is 1. The normalized spacial score (nSPS) is 35.5. The molecule has 1 aromatic rings. The minimum atomic E-state index is 0.179. The van der Waals surface area contributed by atoms with Gasteiger partial charge in [-0.25, -0.2) is 0 Å². The molecule has 2 fully saturated rings. The van der Waals surface area contributed by atoms with Crippen molar-refractivity contribution in [1.29, 1.82) is 0 Å². The molecule has 0 radical (unpaired) electrons. The number of furan rings is 1. The van der Waals surface area contributed by atoms with E-state index in [1.165, 1.54) is 25.7 Å². The summed E-state index contributed by atoms with van der Waals surface area (Å²) >= 11 is 0. The Hall–Kier alpha value is -0.800. The average molecular weight is 262 g/mol. The van der Waals surface area contributed by atoms with Gasteiger partial charge in [0.05, 0.1) is 6.04 Å². The van der Waals surface area contributed by atoms with Crippen molar-refractivity contribution < 1.29 is 4.42 Å². The zero-order valence-electron chi connectivity index (χ0n) is 12.1. The highest BCUT2D eigenvalue weighted by molar-refractivity contribution is 5.19. The molecule has 1 heterocycles. The van der Waals surface area contributed by atoms with Gasteiger partial charge >= 0.3 is 0 Å². The molecule has 3 heteroatoms. The van der Waals surface area contributed by atoms with Crippen molar-refractivity contribution in [2.75, 3.05) is 6.54 Å². The van der Waals surface area contributed by atoms with Crippen LogP contribution in [0.3, 0.4) is 0 Å². The van der Waals surface area contributed by atoms with Crippen molar-refractivity contribution in [2.24, 2.45) is 17.6 Å². The summed E-state index contributed by atoms with van der Waals surface area (Å²) in [5, 5.41) is 3.68. The summed E-state index contributed by atoms with van der Waals surface area (Å²) in [7, 11) is 0. The van der Waals surface area contributed by atoms with E-state index in [9.17, 15) is 0 Å². The predicted octanol–water partition coefficient (Wildman–Crippen LogP) is 3.18. The highest BCUT2D eigenvalue weighted by Crippen LogP contribution is 2.47. The van der Waals surface area contributed by atoms with E-state index in [-0.39, 0.29) is 6.04 Å². The largest absolute Gasteiger partial charge is 0.464 e. The molecule has 0 bridgehead atoms. The Bertz CT molecular complexity index is 428. The van der Waals surface area contributed by atoms with Gasteiger partial charge in [0, 0.05) is 18.5 Å². The van der Waals surface area contributed by atoms with Gasteiger partial charge in [0.1, 0.15) is 11.5 Å². The molecule has 19 heavy (non-hydrogen) atoms. The summed E-state index contributed by atoms with van der Waals surface area (Å²) in [6.45, 7) is 5.22. The van der Waals surface area contributed by atoms with Gasteiger partial charge in [-0.1, -0.05) is 13.8 Å². The lowest BCUT2D eigenvalue weighted by Gasteiger charge is -2.20. The lowest BCUT2D eigenvalue weighted by molar-refractivity contribution is 0.359. The molecule has 0 aliphatic heterocycles. The van der Waals surface area contributed by atoms with Gasteiger partial charge in [-0.2, -0.15) is 0 Å². The van der Waals surface area contributed by atoms with Crippen LogP contribution in [-0.4, -0.2) is 12.6 Å². The Morgan fingerprint density at radius 3 is 2.68 bits per heavy atom. The van der Waals surface area contributed by atoms with Crippen molar-refractivity contribution in [3.05, 3.63) is 23.7 Å². The van der Waals surface area contributed by atoms with Crippen LogP contribution in [0.5, 0.6) is 0 Å². The third-order valence-corrected chi connectivity index (χ3v) is 4.83. The molecule has 0 saturated heterocycles. The molecule has 2 aliphatic rings. The van der Waals surface area contributed by atoms with Crippen LogP contribution in [0.2, 0.25) is 0 Å². The third-order valence-electron chi connectivity index (χ3n) is 4.83. The first-order valence-corrected chi connectivity index (χ1v) is 7.73. The zero-order valence-corrected chi connectivity index (χ0v) is 12.1. The maximum absolute atomic E-state index is 6.03. The second kappa shape index (κ2) is 5.29. The minimum Gasteiger partial charge on any atom is -0.464 e. The van der Waals surface area contributed by atoms with Crippen LogP contribution in [0.25, 0.3) is 0 Å². The van der Waals surface area contributed by atoms with Crippen LogP contribution in [0.15, 0.2) is 16.5 Å². The summed E-state index contributed by atoms with van der Waals surface area (Å²) in [6.07, 6.45) is 5.14. The Morgan fingerprint density at radius 1 is 1.32 bits per heavy atom. The molecular formula is C16H26N2O. The van der Waals surface area contributed by atoms with Gasteiger partial charge in [0.15, 0.2) is 0 Å². The number of hydrogen-bond donors (Lipinski definition) is 2. The van der Waals surface area contributed by atoms with Crippen LogP contribution in [0.4, 0.5) is 0 Å². The lowest BCUT2D eigenvalue weighted by Crippen LogP contribution is -2.35. The van der Waals surface area contributed by atoms with Gasteiger partial charge < -0.3 is 15.5 Å². The van der Waals surface area contributed by atoms with Gasteiger partial charge in [0.2, 0.25) is 0 Å². The van der Waals surface area contributed by atoms with Crippen molar-refractivity contribution >= 4 is 0 Å². The van der Waals surface area contributed by atoms with Gasteiger partial charge in [0.25, 0.3) is 0 Å². The molecule has 5 atom stereocenters. The fourth-order valence-electron chi connectivity index (χ4n) is 3.38. The van der Waals surface area contributed by atoms with Crippen LogP contribution in [-0.2, 0) is 0 Å². The van der Waals surface area contributed by atoms with E-state index in [2.05, 4.69) is 31.3 Å². The first-order valence-electron chi connectivity index (χ1n) is 7.73. The molecule has 0 aromatic carbocycles. The van der Waals surface area contributed by atoms with E-state index in [1.807, 2.05) is 0 Å². The second-order valence-electron chi connectivity index (χ2n) is 6.63. The Kier molecular flexibility index (Phi) is 3.68. The highest BCUT2D eigenvalue weighted by Gasteiger charge is 2.37. The predicted molar refractivity (Wildman–Crippen MR) is 77.0 cm³/mol.